The monoisotopic (exact) mass is 306 g/mol. The minimum atomic E-state index is -0.386. The molecular weight excluding hydrogens is 294 g/mol. The third-order valence-electron chi connectivity index (χ3n) is 3.48. The Hall–Kier alpha value is -1.94. The van der Waals surface area contributed by atoms with Crippen LogP contribution in [-0.2, 0) is 0 Å². The highest BCUT2D eigenvalue weighted by molar-refractivity contribution is 6.20. The van der Waals surface area contributed by atoms with Gasteiger partial charge in [-0.2, -0.15) is 0 Å². The van der Waals surface area contributed by atoms with Gasteiger partial charge in [-0.15, -0.1) is 11.6 Å². The van der Waals surface area contributed by atoms with Gasteiger partial charge in [-0.05, 0) is 38.1 Å². The molecule has 5 heteroatoms. The van der Waals surface area contributed by atoms with Gasteiger partial charge in [0, 0.05) is 11.6 Å². The molecule has 108 valence electrons. The Kier molecular flexibility index (Phi) is 3.41. The molecule has 1 unspecified atom stereocenters. The van der Waals surface area contributed by atoms with Crippen molar-refractivity contribution in [2.45, 2.75) is 19.2 Å². The van der Waals surface area contributed by atoms with E-state index in [1.54, 1.807) is 36.6 Å². The second-order valence-electron chi connectivity index (χ2n) is 4.94. The summed E-state index contributed by atoms with van der Waals surface area (Å²) in [5.41, 5.74) is 2.36. The van der Waals surface area contributed by atoms with Crippen LogP contribution in [0.4, 0.5) is 8.78 Å². The smallest absolute Gasteiger partial charge is 0.132 e. The molecule has 0 N–H and O–H groups in total. The van der Waals surface area contributed by atoms with Gasteiger partial charge < -0.3 is 0 Å². The molecule has 2 nitrogen and oxygen atoms in total. The third kappa shape index (κ3) is 2.29. The van der Waals surface area contributed by atoms with Gasteiger partial charge in [0.05, 0.1) is 22.1 Å². The van der Waals surface area contributed by atoms with Gasteiger partial charge in [0.1, 0.15) is 17.5 Å². The lowest BCUT2D eigenvalue weighted by atomic mass is 10.1. The van der Waals surface area contributed by atoms with Crippen LogP contribution in [0.25, 0.3) is 16.7 Å². The SMILES string of the molecule is Cc1c(F)cccc1-n1c(C(C)Cl)nc2cc(F)ccc21. The first-order chi connectivity index (χ1) is 9.99. The van der Waals surface area contributed by atoms with Gasteiger partial charge >= 0.3 is 0 Å². The van der Waals surface area contributed by atoms with Gasteiger partial charge in [0.25, 0.3) is 0 Å². The summed E-state index contributed by atoms with van der Waals surface area (Å²) >= 11 is 6.19. The second-order valence-corrected chi connectivity index (χ2v) is 5.59. The van der Waals surface area contributed by atoms with Crippen molar-refractivity contribution in [3.05, 3.63) is 59.4 Å². The van der Waals surface area contributed by atoms with E-state index in [9.17, 15) is 8.78 Å². The Morgan fingerprint density at radius 2 is 1.95 bits per heavy atom. The van der Waals surface area contributed by atoms with Gasteiger partial charge in [-0.1, -0.05) is 6.07 Å². The van der Waals surface area contributed by atoms with E-state index in [0.29, 0.717) is 28.1 Å². The molecular formula is C16H13ClF2N2. The van der Waals surface area contributed by atoms with Crippen LogP contribution in [0.3, 0.4) is 0 Å². The van der Waals surface area contributed by atoms with E-state index in [4.69, 9.17) is 11.6 Å². The third-order valence-corrected chi connectivity index (χ3v) is 3.67. The largest absolute Gasteiger partial charge is 0.295 e. The van der Waals surface area contributed by atoms with Crippen LogP contribution in [0.5, 0.6) is 0 Å². The normalized spacial score (nSPS) is 12.8. The maximum atomic E-state index is 13.8. The zero-order chi connectivity index (χ0) is 15.1. The number of fused-ring (bicyclic) bond motifs is 1. The number of hydrogen-bond donors (Lipinski definition) is 0. The van der Waals surface area contributed by atoms with Crippen molar-refractivity contribution in [1.29, 1.82) is 0 Å². The molecule has 0 aliphatic heterocycles. The summed E-state index contributed by atoms with van der Waals surface area (Å²) in [6.45, 7) is 3.48. The van der Waals surface area contributed by atoms with Crippen LogP contribution in [0, 0.1) is 18.6 Å². The fourth-order valence-electron chi connectivity index (χ4n) is 2.43. The van der Waals surface area contributed by atoms with Crippen LogP contribution >= 0.6 is 11.6 Å². The number of hydrogen-bond acceptors (Lipinski definition) is 1. The average molecular weight is 307 g/mol. The Balaban J connectivity index is 2.39. The quantitative estimate of drug-likeness (QED) is 0.615. The molecule has 0 aliphatic carbocycles. The van der Waals surface area contributed by atoms with Crippen LogP contribution in [0.2, 0.25) is 0 Å². The van der Waals surface area contributed by atoms with Crippen LogP contribution in [0.15, 0.2) is 36.4 Å². The Morgan fingerprint density at radius 1 is 1.19 bits per heavy atom. The van der Waals surface area contributed by atoms with Crippen molar-refractivity contribution in [3.8, 4) is 5.69 Å². The van der Waals surface area contributed by atoms with E-state index in [1.165, 1.54) is 18.2 Å². The molecule has 0 radical (unpaired) electrons. The summed E-state index contributed by atoms with van der Waals surface area (Å²) in [6.07, 6.45) is 0. The molecule has 3 rings (SSSR count). The molecule has 1 atom stereocenters. The lowest BCUT2D eigenvalue weighted by molar-refractivity contribution is 0.616. The van der Waals surface area contributed by atoms with E-state index >= 15 is 0 Å². The number of imidazole rings is 1. The number of benzene rings is 2. The molecule has 3 aromatic rings. The summed E-state index contributed by atoms with van der Waals surface area (Å²) in [4.78, 5) is 4.39. The molecule has 21 heavy (non-hydrogen) atoms. The molecule has 1 heterocycles. The molecule has 0 aliphatic rings. The molecule has 1 aromatic heterocycles. The molecule has 0 spiro atoms. The van der Waals surface area contributed by atoms with Crippen molar-refractivity contribution in [3.63, 3.8) is 0 Å². The maximum Gasteiger partial charge on any atom is 0.132 e. The molecule has 0 saturated heterocycles. The minimum absolute atomic E-state index is 0.301. The topological polar surface area (TPSA) is 17.8 Å². The van der Waals surface area contributed by atoms with Gasteiger partial charge in [-0.25, -0.2) is 13.8 Å². The first-order valence-electron chi connectivity index (χ1n) is 6.56. The zero-order valence-electron chi connectivity index (χ0n) is 11.6. The lowest BCUT2D eigenvalue weighted by Crippen LogP contribution is -2.04. The fraction of sp³-hybridized carbons (Fsp3) is 0.188. The number of alkyl halides is 1. The number of nitrogens with zero attached hydrogens (tertiary/aromatic N) is 2. The number of halogens is 3. The fourth-order valence-corrected chi connectivity index (χ4v) is 2.58. The van der Waals surface area contributed by atoms with E-state index in [0.717, 1.165) is 0 Å². The lowest BCUT2D eigenvalue weighted by Gasteiger charge is -2.13. The van der Waals surface area contributed by atoms with E-state index < -0.39 is 0 Å². The summed E-state index contributed by atoms with van der Waals surface area (Å²) in [6, 6.07) is 9.18. The summed E-state index contributed by atoms with van der Waals surface area (Å²) in [5.74, 6) is -0.104. The highest BCUT2D eigenvalue weighted by atomic mass is 35.5. The van der Waals surface area contributed by atoms with E-state index in [2.05, 4.69) is 4.98 Å². The van der Waals surface area contributed by atoms with Crippen LogP contribution < -0.4 is 0 Å². The highest BCUT2D eigenvalue weighted by Crippen LogP contribution is 2.30. The number of aromatic nitrogens is 2. The van der Waals surface area contributed by atoms with Crippen molar-refractivity contribution in [1.82, 2.24) is 9.55 Å². The summed E-state index contributed by atoms with van der Waals surface area (Å²) in [7, 11) is 0. The average Bonchev–Trinajstić information content (AvgIpc) is 2.80. The van der Waals surface area contributed by atoms with Gasteiger partial charge in [-0.3, -0.25) is 4.57 Å². The first kappa shape index (κ1) is 14.0. The van der Waals surface area contributed by atoms with Gasteiger partial charge in [0.2, 0.25) is 0 Å². The van der Waals surface area contributed by atoms with Crippen molar-refractivity contribution in [2.75, 3.05) is 0 Å². The van der Waals surface area contributed by atoms with Crippen LogP contribution in [-0.4, -0.2) is 9.55 Å². The summed E-state index contributed by atoms with van der Waals surface area (Å²) < 4.78 is 29.0. The van der Waals surface area contributed by atoms with Gasteiger partial charge in [0.15, 0.2) is 0 Å². The molecule has 0 amide bonds. The van der Waals surface area contributed by atoms with Crippen molar-refractivity contribution in [2.24, 2.45) is 0 Å². The predicted molar refractivity (Wildman–Crippen MR) is 80.0 cm³/mol. The number of rotatable bonds is 2. The Morgan fingerprint density at radius 3 is 2.67 bits per heavy atom. The molecule has 0 saturated carbocycles. The molecule has 2 aromatic carbocycles. The van der Waals surface area contributed by atoms with Crippen molar-refractivity contribution >= 4 is 22.6 Å². The summed E-state index contributed by atoms with van der Waals surface area (Å²) in [5, 5.41) is -0.386. The predicted octanol–water partition coefficient (Wildman–Crippen LogP) is 4.91. The highest BCUT2D eigenvalue weighted by Gasteiger charge is 2.18. The van der Waals surface area contributed by atoms with E-state index in [-0.39, 0.29) is 17.0 Å². The zero-order valence-corrected chi connectivity index (χ0v) is 12.3. The second kappa shape index (κ2) is 5.11. The maximum absolute atomic E-state index is 13.8. The Labute approximate surface area is 126 Å². The molecule has 0 bridgehead atoms. The Bertz CT molecular complexity index is 825. The first-order valence-corrected chi connectivity index (χ1v) is 7.00. The minimum Gasteiger partial charge on any atom is -0.295 e. The van der Waals surface area contributed by atoms with E-state index in [1.807, 2.05) is 0 Å². The van der Waals surface area contributed by atoms with Crippen molar-refractivity contribution < 1.29 is 8.78 Å². The molecule has 0 fully saturated rings. The van der Waals surface area contributed by atoms with Crippen LogP contribution in [0.1, 0.15) is 23.7 Å². The standard InChI is InChI=1S/C16H13ClF2N2/c1-9-12(19)4-3-5-14(9)21-15-7-6-11(18)8-13(15)20-16(21)10(2)17/h3-8,10H,1-2H3.